The molecule has 3 rings (SSSR count). The van der Waals surface area contributed by atoms with Crippen LogP contribution in [0.15, 0.2) is 24.3 Å². The highest BCUT2D eigenvalue weighted by atomic mass is 35.5. The molecule has 0 bridgehead atoms. The number of carbonyl (C=O) groups excluding carboxylic acids is 1. The number of ether oxygens (including phenoxy) is 1. The summed E-state index contributed by atoms with van der Waals surface area (Å²) in [5.41, 5.74) is 12.7. The standard InChI is InChI=1S/C20H27ClN6O2/c1-29-15-8-6-13(7-9-15)4-2-10-27-11-3-5-14(12-27)24-20(28)16-18(22)26-19(23)17(21)25-16/h6-9,14H,2-5,10-12H2,1H3,(H,24,28)(H4,22,23,26)/p+1. The van der Waals surface area contributed by atoms with Gasteiger partial charge in [0, 0.05) is 6.42 Å². The number of halogens is 1. The zero-order valence-corrected chi connectivity index (χ0v) is 17.3. The summed E-state index contributed by atoms with van der Waals surface area (Å²) in [7, 11) is 1.67. The third-order valence-electron chi connectivity index (χ3n) is 5.23. The van der Waals surface area contributed by atoms with Gasteiger partial charge in [-0.3, -0.25) is 4.79 Å². The van der Waals surface area contributed by atoms with Gasteiger partial charge in [0.05, 0.1) is 32.8 Å². The molecular formula is C20H28ClN6O2+. The molecule has 1 aliphatic rings. The van der Waals surface area contributed by atoms with Gasteiger partial charge < -0.3 is 26.4 Å². The summed E-state index contributed by atoms with van der Waals surface area (Å²) in [4.78, 5) is 21.9. The second kappa shape index (κ2) is 9.76. The number of nitrogens with zero attached hydrogens (tertiary/aromatic N) is 2. The van der Waals surface area contributed by atoms with Crippen molar-refractivity contribution >= 4 is 29.1 Å². The van der Waals surface area contributed by atoms with Gasteiger partial charge in [0.2, 0.25) is 0 Å². The SMILES string of the molecule is COc1ccc(CCC[NH+]2CCCC(NC(=O)c3nc(Cl)c(N)nc3N)C2)cc1. The molecule has 1 aliphatic heterocycles. The first kappa shape index (κ1) is 21.1. The highest BCUT2D eigenvalue weighted by Gasteiger charge is 2.26. The van der Waals surface area contributed by atoms with E-state index in [0.29, 0.717) is 0 Å². The summed E-state index contributed by atoms with van der Waals surface area (Å²) in [5, 5.41) is 3.00. The highest BCUT2D eigenvalue weighted by Crippen LogP contribution is 2.17. The smallest absolute Gasteiger partial charge is 0.274 e. The number of benzene rings is 1. The predicted octanol–water partition coefficient (Wildman–Crippen LogP) is 0.713. The fourth-order valence-corrected chi connectivity index (χ4v) is 3.83. The number of nitrogen functional groups attached to an aromatic ring is 2. The monoisotopic (exact) mass is 419 g/mol. The van der Waals surface area contributed by atoms with Crippen LogP contribution in [0, 0.1) is 0 Å². The van der Waals surface area contributed by atoms with Crippen LogP contribution >= 0.6 is 11.6 Å². The van der Waals surface area contributed by atoms with Gasteiger partial charge >= 0.3 is 0 Å². The Kier molecular flexibility index (Phi) is 7.11. The topological polar surface area (TPSA) is 121 Å². The fourth-order valence-electron chi connectivity index (χ4n) is 3.70. The Morgan fingerprint density at radius 2 is 2.03 bits per heavy atom. The maximum absolute atomic E-state index is 12.5. The number of methoxy groups -OCH3 is 1. The van der Waals surface area contributed by atoms with Crippen LogP contribution in [0.2, 0.25) is 5.15 Å². The number of aromatic nitrogens is 2. The zero-order valence-electron chi connectivity index (χ0n) is 16.6. The first-order valence-corrected chi connectivity index (χ1v) is 10.2. The van der Waals surface area contributed by atoms with Gasteiger partial charge in [-0.1, -0.05) is 23.7 Å². The summed E-state index contributed by atoms with van der Waals surface area (Å²) >= 11 is 5.88. The molecule has 29 heavy (non-hydrogen) atoms. The van der Waals surface area contributed by atoms with Gasteiger partial charge in [-0.25, -0.2) is 9.97 Å². The Labute approximate surface area is 175 Å². The van der Waals surface area contributed by atoms with E-state index in [2.05, 4.69) is 27.4 Å². The minimum Gasteiger partial charge on any atom is -0.497 e. The van der Waals surface area contributed by atoms with E-state index >= 15 is 0 Å². The van der Waals surface area contributed by atoms with Crippen molar-refractivity contribution in [2.75, 3.05) is 38.2 Å². The van der Waals surface area contributed by atoms with E-state index in [1.54, 1.807) is 7.11 Å². The molecule has 6 N–H and O–H groups in total. The van der Waals surface area contributed by atoms with Crippen molar-refractivity contribution in [3.05, 3.63) is 40.7 Å². The van der Waals surface area contributed by atoms with Crippen molar-refractivity contribution in [1.82, 2.24) is 15.3 Å². The van der Waals surface area contributed by atoms with Crippen LogP contribution in [0.25, 0.3) is 0 Å². The third-order valence-corrected chi connectivity index (χ3v) is 5.51. The van der Waals surface area contributed by atoms with Crippen molar-refractivity contribution in [2.24, 2.45) is 0 Å². The number of likely N-dealkylation sites (tertiary alicyclic amines) is 1. The number of rotatable bonds is 7. The van der Waals surface area contributed by atoms with Crippen LogP contribution in [-0.4, -0.2) is 48.7 Å². The molecule has 156 valence electrons. The number of hydrogen-bond acceptors (Lipinski definition) is 6. The third kappa shape index (κ3) is 5.71. The lowest BCUT2D eigenvalue weighted by molar-refractivity contribution is -0.906. The molecule has 2 aromatic rings. The zero-order chi connectivity index (χ0) is 20.8. The molecule has 8 nitrogen and oxygen atoms in total. The Balaban J connectivity index is 1.48. The van der Waals surface area contributed by atoms with E-state index in [4.69, 9.17) is 27.8 Å². The second-order valence-corrected chi connectivity index (χ2v) is 7.71. The molecule has 1 aromatic carbocycles. The fraction of sp³-hybridized carbons (Fsp3) is 0.450. The molecular weight excluding hydrogens is 392 g/mol. The summed E-state index contributed by atoms with van der Waals surface area (Å²) in [5.74, 6) is 0.526. The van der Waals surface area contributed by atoms with E-state index in [1.807, 2.05) is 12.1 Å². The number of anilines is 2. The average Bonchev–Trinajstić information content (AvgIpc) is 2.71. The van der Waals surface area contributed by atoms with Gasteiger partial charge in [0.1, 0.15) is 5.75 Å². The van der Waals surface area contributed by atoms with Gasteiger partial charge in [-0.15, -0.1) is 0 Å². The molecule has 1 amide bonds. The number of nitrogens with two attached hydrogens (primary N) is 2. The van der Waals surface area contributed by atoms with Crippen LogP contribution < -0.4 is 26.4 Å². The second-order valence-electron chi connectivity index (χ2n) is 7.35. The Bertz CT molecular complexity index is 846. The van der Waals surface area contributed by atoms with Crippen LogP contribution in [0.4, 0.5) is 11.6 Å². The number of amides is 1. The summed E-state index contributed by atoms with van der Waals surface area (Å²) < 4.78 is 5.20. The lowest BCUT2D eigenvalue weighted by Crippen LogP contribution is -3.14. The minimum absolute atomic E-state index is 0.0103. The summed E-state index contributed by atoms with van der Waals surface area (Å²) in [6, 6.07) is 8.27. The Morgan fingerprint density at radius 1 is 1.28 bits per heavy atom. The van der Waals surface area contributed by atoms with Gasteiger partial charge in [0.25, 0.3) is 5.91 Å². The molecule has 2 atom stereocenters. The molecule has 2 heterocycles. The first-order valence-electron chi connectivity index (χ1n) is 9.82. The van der Waals surface area contributed by atoms with Gasteiger partial charge in [-0.2, -0.15) is 0 Å². The molecule has 0 aliphatic carbocycles. The van der Waals surface area contributed by atoms with E-state index in [1.165, 1.54) is 10.5 Å². The minimum atomic E-state index is -0.360. The number of aryl methyl sites for hydroxylation is 1. The Morgan fingerprint density at radius 3 is 2.76 bits per heavy atom. The quantitative estimate of drug-likeness (QED) is 0.524. The van der Waals surface area contributed by atoms with Crippen LogP contribution in [0.3, 0.4) is 0 Å². The lowest BCUT2D eigenvalue weighted by atomic mass is 10.0. The van der Waals surface area contributed by atoms with Crippen LogP contribution in [-0.2, 0) is 6.42 Å². The Hall–Kier alpha value is -2.58. The van der Waals surface area contributed by atoms with Crippen molar-refractivity contribution in [2.45, 2.75) is 31.7 Å². The van der Waals surface area contributed by atoms with Gasteiger partial charge in [0.15, 0.2) is 22.5 Å². The van der Waals surface area contributed by atoms with E-state index < -0.39 is 0 Å². The molecule has 1 aromatic heterocycles. The largest absolute Gasteiger partial charge is 0.497 e. The van der Waals surface area contributed by atoms with Crippen molar-refractivity contribution in [1.29, 1.82) is 0 Å². The highest BCUT2D eigenvalue weighted by molar-refractivity contribution is 6.31. The van der Waals surface area contributed by atoms with E-state index in [0.717, 1.165) is 51.1 Å². The number of carbonyl (C=O) groups is 1. The van der Waals surface area contributed by atoms with Crippen LogP contribution in [0.1, 0.15) is 35.3 Å². The predicted molar refractivity (Wildman–Crippen MR) is 113 cm³/mol. The average molecular weight is 420 g/mol. The molecule has 1 saturated heterocycles. The van der Waals surface area contributed by atoms with E-state index in [-0.39, 0.29) is 34.4 Å². The molecule has 9 heteroatoms. The van der Waals surface area contributed by atoms with Gasteiger partial charge in [-0.05, 0) is 37.0 Å². The first-order chi connectivity index (χ1) is 14.0. The molecule has 0 radical (unpaired) electrons. The summed E-state index contributed by atoms with van der Waals surface area (Å²) in [6.07, 6.45) is 4.12. The maximum atomic E-state index is 12.5. The number of hydrogen-bond donors (Lipinski definition) is 4. The normalized spacial score (nSPS) is 19.0. The lowest BCUT2D eigenvalue weighted by Gasteiger charge is -2.30. The number of nitrogens with one attached hydrogen (secondary N) is 2. The van der Waals surface area contributed by atoms with E-state index in [9.17, 15) is 4.79 Å². The number of quaternary nitrogens is 1. The number of piperidine rings is 1. The molecule has 0 spiro atoms. The molecule has 1 fully saturated rings. The van der Waals surface area contributed by atoms with Crippen molar-refractivity contribution in [3.8, 4) is 5.75 Å². The summed E-state index contributed by atoms with van der Waals surface area (Å²) in [6.45, 7) is 3.06. The van der Waals surface area contributed by atoms with Crippen molar-refractivity contribution < 1.29 is 14.4 Å². The molecule has 2 unspecified atom stereocenters. The van der Waals surface area contributed by atoms with Crippen molar-refractivity contribution in [3.63, 3.8) is 0 Å². The van der Waals surface area contributed by atoms with Crippen LogP contribution in [0.5, 0.6) is 5.75 Å². The maximum Gasteiger partial charge on any atom is 0.274 e. The molecule has 0 saturated carbocycles.